The smallest absolute Gasteiger partial charge is 0.165 e. The van der Waals surface area contributed by atoms with Crippen LogP contribution < -0.4 is 4.74 Å². The van der Waals surface area contributed by atoms with Crippen molar-refractivity contribution in [2.75, 3.05) is 0 Å². The fourth-order valence-electron chi connectivity index (χ4n) is 1.90. The molecule has 76 valence electrons. The molecule has 0 N–H and O–H groups in total. The van der Waals surface area contributed by atoms with Gasteiger partial charge in [-0.05, 0) is 43.4 Å². The molecule has 0 amide bonds. The molecule has 0 aliphatic carbocycles. The monoisotopic (exact) mass is 194 g/mol. The van der Waals surface area contributed by atoms with Crippen LogP contribution in [0.2, 0.25) is 0 Å². The molecule has 2 heteroatoms. The lowest BCUT2D eigenvalue weighted by Crippen LogP contribution is -2.28. The summed E-state index contributed by atoms with van der Waals surface area (Å²) in [5.74, 6) is 0.698. The van der Waals surface area contributed by atoms with Crippen molar-refractivity contribution in [3.63, 3.8) is 0 Å². The Balaban J connectivity index is 2.46. The molecule has 0 fully saturated rings. The zero-order chi connectivity index (χ0) is 10.3. The van der Waals surface area contributed by atoms with Crippen LogP contribution in [0.4, 0.5) is 4.39 Å². The number of fused-ring (bicyclic) bond motifs is 1. The lowest BCUT2D eigenvalue weighted by Gasteiger charge is -2.29. The van der Waals surface area contributed by atoms with Crippen LogP contribution in [0, 0.1) is 18.7 Å². The van der Waals surface area contributed by atoms with Crippen LogP contribution in [0.3, 0.4) is 0 Å². The van der Waals surface area contributed by atoms with Crippen molar-refractivity contribution in [2.45, 2.75) is 33.3 Å². The molecule has 1 nitrogen and oxygen atoms in total. The van der Waals surface area contributed by atoms with Gasteiger partial charge in [0, 0.05) is 0 Å². The number of hydrogen-bond acceptors (Lipinski definition) is 1. The molecule has 0 saturated carbocycles. The molecular weight excluding hydrogens is 179 g/mol. The van der Waals surface area contributed by atoms with Crippen molar-refractivity contribution in [1.82, 2.24) is 0 Å². The number of benzene rings is 1. The fraction of sp³-hybridized carbons (Fsp3) is 0.500. The summed E-state index contributed by atoms with van der Waals surface area (Å²) in [7, 11) is 0. The second-order valence-corrected chi connectivity index (χ2v) is 4.24. The zero-order valence-electron chi connectivity index (χ0n) is 8.80. The van der Waals surface area contributed by atoms with Gasteiger partial charge in [-0.1, -0.05) is 13.0 Å². The summed E-state index contributed by atoms with van der Waals surface area (Å²) in [5, 5.41) is 0. The van der Waals surface area contributed by atoms with E-state index in [0.29, 0.717) is 11.7 Å². The minimum absolute atomic E-state index is 0.111. The highest BCUT2D eigenvalue weighted by molar-refractivity contribution is 5.40. The average Bonchev–Trinajstić information content (AvgIpc) is 2.08. The van der Waals surface area contributed by atoms with Crippen LogP contribution in [0.25, 0.3) is 0 Å². The van der Waals surface area contributed by atoms with Gasteiger partial charge < -0.3 is 4.74 Å². The Morgan fingerprint density at radius 1 is 1.36 bits per heavy atom. The van der Waals surface area contributed by atoms with E-state index in [2.05, 4.69) is 6.92 Å². The molecule has 0 aromatic heterocycles. The van der Waals surface area contributed by atoms with E-state index in [4.69, 9.17) is 4.74 Å². The molecule has 1 heterocycles. The summed E-state index contributed by atoms with van der Waals surface area (Å²) in [6, 6.07) is 3.54. The molecule has 0 radical (unpaired) electrons. The number of halogens is 1. The Hall–Kier alpha value is -1.05. The Morgan fingerprint density at radius 2 is 2.07 bits per heavy atom. The van der Waals surface area contributed by atoms with Crippen molar-refractivity contribution in [3.8, 4) is 5.75 Å². The van der Waals surface area contributed by atoms with E-state index in [0.717, 1.165) is 17.5 Å². The largest absolute Gasteiger partial charge is 0.487 e. The van der Waals surface area contributed by atoms with Gasteiger partial charge in [0.25, 0.3) is 0 Å². The van der Waals surface area contributed by atoms with E-state index in [-0.39, 0.29) is 11.9 Å². The van der Waals surface area contributed by atoms with Gasteiger partial charge in [0.15, 0.2) is 11.6 Å². The van der Waals surface area contributed by atoms with Crippen LogP contribution in [0.15, 0.2) is 12.1 Å². The summed E-state index contributed by atoms with van der Waals surface area (Å²) in [5.41, 5.74) is 1.97. The highest BCUT2D eigenvalue weighted by Crippen LogP contribution is 2.33. The van der Waals surface area contributed by atoms with Gasteiger partial charge in [0.2, 0.25) is 0 Å². The van der Waals surface area contributed by atoms with E-state index >= 15 is 0 Å². The minimum Gasteiger partial charge on any atom is -0.487 e. The number of ether oxygens (including phenoxy) is 1. The Morgan fingerprint density at radius 3 is 2.79 bits per heavy atom. The van der Waals surface area contributed by atoms with Gasteiger partial charge in [-0.3, -0.25) is 0 Å². The first-order valence-corrected chi connectivity index (χ1v) is 5.03. The van der Waals surface area contributed by atoms with Crippen LogP contribution in [0.5, 0.6) is 5.75 Å². The van der Waals surface area contributed by atoms with Crippen LogP contribution in [-0.4, -0.2) is 6.10 Å². The highest BCUT2D eigenvalue weighted by Gasteiger charge is 2.25. The molecular formula is C12H15FO. The molecule has 2 unspecified atom stereocenters. The van der Waals surface area contributed by atoms with E-state index in [1.54, 1.807) is 0 Å². The van der Waals surface area contributed by atoms with Gasteiger partial charge in [-0.2, -0.15) is 0 Å². The van der Waals surface area contributed by atoms with Crippen molar-refractivity contribution >= 4 is 0 Å². The van der Waals surface area contributed by atoms with Gasteiger partial charge in [-0.25, -0.2) is 4.39 Å². The highest BCUT2D eigenvalue weighted by atomic mass is 19.1. The predicted molar refractivity (Wildman–Crippen MR) is 54.1 cm³/mol. The van der Waals surface area contributed by atoms with Crippen LogP contribution >= 0.6 is 0 Å². The summed E-state index contributed by atoms with van der Waals surface area (Å²) in [6.07, 6.45) is 1.02. The molecule has 0 spiro atoms. The standard InChI is InChI=1S/C12H15FO/c1-7-4-10-6-8(2)9(3)14-12(10)11(13)5-7/h4-5,8-9H,6H2,1-3H3. The predicted octanol–water partition coefficient (Wildman–Crippen LogP) is 3.09. The lowest BCUT2D eigenvalue weighted by molar-refractivity contribution is 0.132. The van der Waals surface area contributed by atoms with Crippen molar-refractivity contribution in [2.24, 2.45) is 5.92 Å². The average molecular weight is 194 g/mol. The second kappa shape index (κ2) is 3.26. The maximum Gasteiger partial charge on any atom is 0.165 e. The molecule has 0 bridgehead atoms. The Labute approximate surface area is 83.9 Å². The lowest BCUT2D eigenvalue weighted by atomic mass is 9.92. The maximum absolute atomic E-state index is 13.5. The van der Waals surface area contributed by atoms with Crippen molar-refractivity contribution in [3.05, 3.63) is 29.1 Å². The maximum atomic E-state index is 13.5. The number of aryl methyl sites for hydroxylation is 1. The number of rotatable bonds is 0. The third kappa shape index (κ3) is 1.49. The molecule has 1 aliphatic heterocycles. The molecule has 1 aliphatic rings. The van der Waals surface area contributed by atoms with Gasteiger partial charge in [0.1, 0.15) is 0 Å². The van der Waals surface area contributed by atoms with Crippen molar-refractivity contribution < 1.29 is 9.13 Å². The normalized spacial score (nSPS) is 25.4. The van der Waals surface area contributed by atoms with E-state index < -0.39 is 0 Å². The van der Waals surface area contributed by atoms with Crippen LogP contribution in [-0.2, 0) is 6.42 Å². The molecule has 2 atom stereocenters. The minimum atomic E-state index is -0.223. The van der Waals surface area contributed by atoms with Crippen molar-refractivity contribution in [1.29, 1.82) is 0 Å². The van der Waals surface area contributed by atoms with Crippen LogP contribution in [0.1, 0.15) is 25.0 Å². The Kier molecular flexibility index (Phi) is 2.22. The van der Waals surface area contributed by atoms with E-state index in [1.165, 1.54) is 6.07 Å². The molecule has 0 saturated heterocycles. The Bertz CT molecular complexity index is 360. The molecule has 14 heavy (non-hydrogen) atoms. The SMILES string of the molecule is Cc1cc(F)c2c(c1)CC(C)C(C)O2. The molecule has 1 aromatic rings. The summed E-state index contributed by atoms with van der Waals surface area (Å²) >= 11 is 0. The quantitative estimate of drug-likeness (QED) is 0.616. The molecule has 1 aromatic carbocycles. The third-order valence-corrected chi connectivity index (χ3v) is 2.91. The first kappa shape index (κ1) is 9.50. The fourth-order valence-corrected chi connectivity index (χ4v) is 1.90. The van der Waals surface area contributed by atoms with E-state index in [9.17, 15) is 4.39 Å². The topological polar surface area (TPSA) is 9.23 Å². The molecule has 2 rings (SSSR count). The summed E-state index contributed by atoms with van der Waals surface area (Å²) in [6.45, 7) is 6.03. The summed E-state index contributed by atoms with van der Waals surface area (Å²) < 4.78 is 19.1. The zero-order valence-corrected chi connectivity index (χ0v) is 8.80. The van der Waals surface area contributed by atoms with E-state index in [1.807, 2.05) is 19.9 Å². The van der Waals surface area contributed by atoms with Gasteiger partial charge in [-0.15, -0.1) is 0 Å². The first-order chi connectivity index (χ1) is 6.58. The summed E-state index contributed by atoms with van der Waals surface area (Å²) in [4.78, 5) is 0. The van der Waals surface area contributed by atoms with Gasteiger partial charge in [0.05, 0.1) is 6.10 Å². The third-order valence-electron chi connectivity index (χ3n) is 2.91. The first-order valence-electron chi connectivity index (χ1n) is 5.03. The number of hydrogen-bond donors (Lipinski definition) is 0. The second-order valence-electron chi connectivity index (χ2n) is 4.24. The van der Waals surface area contributed by atoms with Gasteiger partial charge >= 0.3 is 0 Å².